The standard InChI is InChI=1S/C16H16N2O4S/c19-18(20)14-8-4-5-9-15(14)23(21,22)17-16(13-10-11-13)12-6-2-1-3-7-12/h1-9,13,16-17H,10-11H2/t16-/m1/s1. The molecular formula is C16H16N2O4S. The van der Waals surface area contributed by atoms with Crippen molar-refractivity contribution in [2.45, 2.75) is 23.8 Å². The predicted octanol–water partition coefficient (Wildman–Crippen LogP) is 3.02. The first-order valence-corrected chi connectivity index (χ1v) is 8.78. The van der Waals surface area contributed by atoms with Crippen LogP contribution in [-0.2, 0) is 10.0 Å². The van der Waals surface area contributed by atoms with Crippen molar-refractivity contribution in [2.24, 2.45) is 5.92 Å². The van der Waals surface area contributed by atoms with Crippen molar-refractivity contribution >= 4 is 15.7 Å². The lowest BCUT2D eigenvalue weighted by atomic mass is 10.0. The predicted molar refractivity (Wildman–Crippen MR) is 85.3 cm³/mol. The molecule has 0 amide bonds. The van der Waals surface area contributed by atoms with E-state index in [2.05, 4.69) is 4.72 Å². The van der Waals surface area contributed by atoms with Crippen LogP contribution >= 0.6 is 0 Å². The highest BCUT2D eigenvalue weighted by Crippen LogP contribution is 2.42. The third-order valence-corrected chi connectivity index (χ3v) is 5.37. The van der Waals surface area contributed by atoms with Gasteiger partial charge in [0.05, 0.1) is 4.92 Å². The summed E-state index contributed by atoms with van der Waals surface area (Å²) in [4.78, 5) is 10.1. The molecule has 3 rings (SSSR count). The van der Waals surface area contributed by atoms with Gasteiger partial charge in [-0.2, -0.15) is 0 Å². The minimum Gasteiger partial charge on any atom is -0.258 e. The van der Waals surface area contributed by atoms with Crippen LogP contribution in [0.3, 0.4) is 0 Å². The molecule has 0 heterocycles. The smallest absolute Gasteiger partial charge is 0.258 e. The van der Waals surface area contributed by atoms with Gasteiger partial charge in [-0.05, 0) is 30.4 Å². The lowest BCUT2D eigenvalue weighted by molar-refractivity contribution is -0.387. The van der Waals surface area contributed by atoms with Crippen LogP contribution in [0, 0.1) is 16.0 Å². The van der Waals surface area contributed by atoms with Crippen LogP contribution in [-0.4, -0.2) is 13.3 Å². The normalized spacial score (nSPS) is 16.0. The van der Waals surface area contributed by atoms with Crippen LogP contribution < -0.4 is 4.72 Å². The summed E-state index contributed by atoms with van der Waals surface area (Å²) in [6, 6.07) is 14.3. The Morgan fingerprint density at radius 3 is 2.26 bits per heavy atom. The fourth-order valence-electron chi connectivity index (χ4n) is 2.59. The van der Waals surface area contributed by atoms with Gasteiger partial charge in [-0.25, -0.2) is 13.1 Å². The number of para-hydroxylation sites is 1. The molecule has 0 unspecified atom stereocenters. The van der Waals surface area contributed by atoms with Crippen molar-refractivity contribution in [2.75, 3.05) is 0 Å². The number of rotatable bonds is 6. The first-order chi connectivity index (χ1) is 11.0. The van der Waals surface area contributed by atoms with Gasteiger partial charge in [0.2, 0.25) is 10.0 Å². The number of nitrogens with zero attached hydrogens (tertiary/aromatic N) is 1. The van der Waals surface area contributed by atoms with Crippen LogP contribution in [0.4, 0.5) is 5.69 Å². The number of sulfonamides is 1. The second-order valence-electron chi connectivity index (χ2n) is 5.57. The third-order valence-electron chi connectivity index (χ3n) is 3.89. The number of hydrogen-bond donors (Lipinski definition) is 1. The maximum absolute atomic E-state index is 12.7. The molecule has 6 nitrogen and oxygen atoms in total. The average Bonchev–Trinajstić information content (AvgIpc) is 3.38. The summed E-state index contributed by atoms with van der Waals surface area (Å²) in [5.41, 5.74) is 0.458. The fraction of sp³-hybridized carbons (Fsp3) is 0.250. The van der Waals surface area contributed by atoms with Gasteiger partial charge in [-0.3, -0.25) is 10.1 Å². The SMILES string of the molecule is O=[N+]([O-])c1ccccc1S(=O)(=O)N[C@H](c1ccccc1)C1CC1. The molecule has 1 aliphatic carbocycles. The number of nitrogens with one attached hydrogen (secondary N) is 1. The molecular weight excluding hydrogens is 316 g/mol. The highest BCUT2D eigenvalue weighted by molar-refractivity contribution is 7.89. The summed E-state index contributed by atoms with van der Waals surface area (Å²) in [5, 5.41) is 11.1. The molecule has 1 atom stereocenters. The number of nitro benzene ring substituents is 1. The number of hydrogen-bond acceptors (Lipinski definition) is 4. The Morgan fingerprint density at radius 2 is 1.65 bits per heavy atom. The van der Waals surface area contributed by atoms with Crippen LogP contribution in [0.2, 0.25) is 0 Å². The van der Waals surface area contributed by atoms with Crippen molar-refractivity contribution < 1.29 is 13.3 Å². The minimum atomic E-state index is -3.98. The molecule has 2 aromatic rings. The molecule has 0 aromatic heterocycles. The molecule has 7 heteroatoms. The van der Waals surface area contributed by atoms with Crippen LogP contribution in [0.5, 0.6) is 0 Å². The monoisotopic (exact) mass is 332 g/mol. The third kappa shape index (κ3) is 3.40. The molecule has 1 saturated carbocycles. The van der Waals surface area contributed by atoms with Gasteiger partial charge in [-0.15, -0.1) is 0 Å². The van der Waals surface area contributed by atoms with Gasteiger partial charge in [-0.1, -0.05) is 42.5 Å². The lowest BCUT2D eigenvalue weighted by Crippen LogP contribution is -2.30. The molecule has 0 spiro atoms. The molecule has 1 fully saturated rings. The van der Waals surface area contributed by atoms with E-state index in [1.807, 2.05) is 30.3 Å². The van der Waals surface area contributed by atoms with Crippen molar-refractivity contribution in [3.8, 4) is 0 Å². The Bertz CT molecular complexity index is 817. The zero-order chi connectivity index (χ0) is 16.4. The highest BCUT2D eigenvalue weighted by atomic mass is 32.2. The first-order valence-electron chi connectivity index (χ1n) is 7.30. The summed E-state index contributed by atoms with van der Waals surface area (Å²) in [7, 11) is -3.98. The summed E-state index contributed by atoms with van der Waals surface area (Å²) in [6.07, 6.45) is 1.89. The van der Waals surface area contributed by atoms with Gasteiger partial charge < -0.3 is 0 Å². The largest absolute Gasteiger partial charge is 0.289 e. The quantitative estimate of drug-likeness (QED) is 0.650. The van der Waals surface area contributed by atoms with Crippen LogP contribution in [0.15, 0.2) is 59.5 Å². The topological polar surface area (TPSA) is 89.3 Å². The van der Waals surface area contributed by atoms with Crippen molar-refractivity contribution in [1.82, 2.24) is 4.72 Å². The van der Waals surface area contributed by atoms with Crippen molar-refractivity contribution in [3.63, 3.8) is 0 Å². The molecule has 0 aliphatic heterocycles. The first kappa shape index (κ1) is 15.6. The maximum Gasteiger partial charge on any atom is 0.289 e. The molecule has 23 heavy (non-hydrogen) atoms. The van der Waals surface area contributed by atoms with E-state index in [4.69, 9.17) is 0 Å². The summed E-state index contributed by atoms with van der Waals surface area (Å²) in [6.45, 7) is 0. The second-order valence-corrected chi connectivity index (χ2v) is 7.25. The fourth-order valence-corrected chi connectivity index (χ4v) is 4.06. The Hall–Kier alpha value is -2.25. The Labute approximate surface area is 134 Å². The lowest BCUT2D eigenvalue weighted by Gasteiger charge is -2.18. The van der Waals surface area contributed by atoms with Crippen molar-refractivity contribution in [1.29, 1.82) is 0 Å². The summed E-state index contributed by atoms with van der Waals surface area (Å²) >= 11 is 0. The van der Waals surface area contributed by atoms with Gasteiger partial charge in [0.1, 0.15) is 0 Å². The van der Waals surface area contributed by atoms with Gasteiger partial charge in [0.25, 0.3) is 5.69 Å². The molecule has 0 bridgehead atoms. The Balaban J connectivity index is 1.95. The van der Waals surface area contributed by atoms with Gasteiger partial charge >= 0.3 is 0 Å². The summed E-state index contributed by atoms with van der Waals surface area (Å²) in [5.74, 6) is 0.231. The highest BCUT2D eigenvalue weighted by Gasteiger charge is 2.36. The van der Waals surface area contributed by atoms with Gasteiger partial charge in [0.15, 0.2) is 4.90 Å². The van der Waals surface area contributed by atoms with Crippen LogP contribution in [0.1, 0.15) is 24.4 Å². The zero-order valence-electron chi connectivity index (χ0n) is 12.3. The van der Waals surface area contributed by atoms with Gasteiger partial charge in [0, 0.05) is 12.1 Å². The average molecular weight is 332 g/mol. The molecule has 120 valence electrons. The van der Waals surface area contributed by atoms with E-state index in [0.717, 1.165) is 18.4 Å². The number of nitro groups is 1. The second kappa shape index (κ2) is 6.10. The number of benzene rings is 2. The molecule has 0 radical (unpaired) electrons. The minimum absolute atomic E-state index is 0.231. The summed E-state index contributed by atoms with van der Waals surface area (Å²) < 4.78 is 28.0. The molecule has 1 N–H and O–H groups in total. The van der Waals surface area contributed by atoms with E-state index >= 15 is 0 Å². The Kier molecular flexibility index (Phi) is 4.14. The maximum atomic E-state index is 12.7. The zero-order valence-corrected chi connectivity index (χ0v) is 13.1. The van der Waals surface area contributed by atoms with E-state index in [1.54, 1.807) is 0 Å². The van der Waals surface area contributed by atoms with Crippen molar-refractivity contribution in [3.05, 3.63) is 70.3 Å². The molecule has 0 saturated heterocycles. The van der Waals surface area contributed by atoms with E-state index in [0.29, 0.717) is 0 Å². The Morgan fingerprint density at radius 1 is 1.04 bits per heavy atom. The van der Waals surface area contributed by atoms with E-state index in [-0.39, 0.29) is 16.9 Å². The van der Waals surface area contributed by atoms with E-state index in [1.165, 1.54) is 24.3 Å². The van der Waals surface area contributed by atoms with E-state index < -0.39 is 20.6 Å². The molecule has 1 aliphatic rings. The van der Waals surface area contributed by atoms with E-state index in [9.17, 15) is 18.5 Å². The van der Waals surface area contributed by atoms with Crippen LogP contribution in [0.25, 0.3) is 0 Å². The molecule has 2 aromatic carbocycles.